The number of fused-ring (bicyclic) bond motifs is 4. The molecule has 232 valence electrons. The van der Waals surface area contributed by atoms with Gasteiger partial charge in [-0.05, 0) is 101 Å². The van der Waals surface area contributed by atoms with Crippen LogP contribution in [-0.2, 0) is 0 Å². The van der Waals surface area contributed by atoms with E-state index in [1.54, 1.807) is 0 Å². The summed E-state index contributed by atoms with van der Waals surface area (Å²) in [5, 5.41) is 8.61. The molecule has 0 spiro atoms. The molecular weight excluding hydrogens is 595 g/mol. The molecule has 0 saturated carbocycles. The summed E-state index contributed by atoms with van der Waals surface area (Å²) in [4.78, 5) is 2.36. The Bertz CT molecular complexity index is 2510. The maximum absolute atomic E-state index is 3.71. The molecule has 1 heterocycles. The van der Waals surface area contributed by atoms with E-state index in [2.05, 4.69) is 209 Å². The predicted octanol–water partition coefficient (Wildman–Crippen LogP) is 12.8. The first-order valence-corrected chi connectivity index (χ1v) is 16.7. The van der Waals surface area contributed by atoms with E-state index >= 15 is 0 Å². The Morgan fingerprint density at radius 2 is 1.04 bits per heavy atom. The summed E-state index contributed by atoms with van der Waals surface area (Å²) in [6, 6.07) is 69.1. The van der Waals surface area contributed by atoms with Gasteiger partial charge in [-0.2, -0.15) is 0 Å². The molecule has 0 aliphatic rings. The molecule has 0 bridgehead atoms. The van der Waals surface area contributed by atoms with Crippen LogP contribution in [0.5, 0.6) is 0 Å². The SMILES string of the molecule is c1ccc(N(c2ccccc2)c2cccc3c2c2cc(Nc4ccc(-c5cccc6ccccc56)cc4)ccc2n3-c2ccccc2)cc1. The van der Waals surface area contributed by atoms with Crippen LogP contribution >= 0.6 is 0 Å². The molecule has 0 amide bonds. The summed E-state index contributed by atoms with van der Waals surface area (Å²) in [5.74, 6) is 0. The van der Waals surface area contributed by atoms with Gasteiger partial charge in [-0.3, -0.25) is 0 Å². The van der Waals surface area contributed by atoms with Gasteiger partial charge < -0.3 is 14.8 Å². The van der Waals surface area contributed by atoms with Crippen molar-refractivity contribution in [2.45, 2.75) is 0 Å². The monoisotopic (exact) mass is 627 g/mol. The Hall–Kier alpha value is -6.58. The largest absolute Gasteiger partial charge is 0.356 e. The van der Waals surface area contributed by atoms with E-state index in [4.69, 9.17) is 0 Å². The minimum atomic E-state index is 1.04. The van der Waals surface area contributed by atoms with Crippen molar-refractivity contribution in [2.75, 3.05) is 10.2 Å². The van der Waals surface area contributed by atoms with Crippen molar-refractivity contribution in [3.63, 3.8) is 0 Å². The van der Waals surface area contributed by atoms with Crippen LogP contribution in [0.15, 0.2) is 194 Å². The standard InChI is InChI=1S/C46H33N3/c1-4-16-37(17-5-1)48(38-18-6-2-7-19-38)44-24-13-25-45-46(44)42-32-36(30-31-43(42)49(45)39-20-8-3-9-21-39)47-35-28-26-34(27-29-35)41-23-12-15-33-14-10-11-22-40(33)41/h1-32,47H. The first-order valence-electron chi connectivity index (χ1n) is 16.7. The minimum Gasteiger partial charge on any atom is -0.356 e. The Balaban J connectivity index is 1.19. The van der Waals surface area contributed by atoms with Crippen LogP contribution in [0, 0.1) is 0 Å². The molecule has 3 nitrogen and oxygen atoms in total. The van der Waals surface area contributed by atoms with E-state index in [0.29, 0.717) is 0 Å². The Morgan fingerprint density at radius 3 is 1.78 bits per heavy atom. The Morgan fingerprint density at radius 1 is 0.429 bits per heavy atom. The number of hydrogen-bond donors (Lipinski definition) is 1. The first kappa shape index (κ1) is 28.6. The third kappa shape index (κ3) is 5.18. The fourth-order valence-electron chi connectivity index (χ4n) is 7.13. The zero-order valence-electron chi connectivity index (χ0n) is 26.9. The normalized spacial score (nSPS) is 11.3. The van der Waals surface area contributed by atoms with Gasteiger partial charge >= 0.3 is 0 Å². The van der Waals surface area contributed by atoms with Gasteiger partial charge in [-0.25, -0.2) is 0 Å². The fraction of sp³-hybridized carbons (Fsp3) is 0. The number of benzene rings is 8. The molecule has 0 radical (unpaired) electrons. The van der Waals surface area contributed by atoms with E-state index in [9.17, 15) is 0 Å². The van der Waals surface area contributed by atoms with Crippen LogP contribution in [0.2, 0.25) is 0 Å². The van der Waals surface area contributed by atoms with E-state index in [-0.39, 0.29) is 0 Å². The lowest BCUT2D eigenvalue weighted by atomic mass is 9.98. The van der Waals surface area contributed by atoms with Crippen LogP contribution < -0.4 is 10.2 Å². The summed E-state index contributed by atoms with van der Waals surface area (Å²) in [7, 11) is 0. The third-order valence-electron chi connectivity index (χ3n) is 9.33. The topological polar surface area (TPSA) is 20.2 Å². The average molecular weight is 628 g/mol. The highest BCUT2D eigenvalue weighted by molar-refractivity contribution is 6.17. The molecular formula is C46H33N3. The molecule has 0 atom stereocenters. The Labute approximate surface area is 285 Å². The van der Waals surface area contributed by atoms with Gasteiger partial charge in [0.1, 0.15) is 0 Å². The lowest BCUT2D eigenvalue weighted by Crippen LogP contribution is -2.10. The van der Waals surface area contributed by atoms with Crippen molar-refractivity contribution in [1.29, 1.82) is 0 Å². The zero-order chi connectivity index (χ0) is 32.6. The van der Waals surface area contributed by atoms with Crippen molar-refractivity contribution >= 4 is 61.0 Å². The number of para-hydroxylation sites is 3. The minimum absolute atomic E-state index is 1.04. The maximum Gasteiger partial charge on any atom is 0.0562 e. The average Bonchev–Trinajstić information content (AvgIpc) is 3.51. The second-order valence-corrected chi connectivity index (χ2v) is 12.3. The van der Waals surface area contributed by atoms with E-state index in [1.807, 2.05) is 0 Å². The molecule has 3 heteroatoms. The second-order valence-electron chi connectivity index (χ2n) is 12.3. The van der Waals surface area contributed by atoms with Crippen LogP contribution in [0.4, 0.5) is 28.4 Å². The van der Waals surface area contributed by atoms with E-state index in [1.165, 1.54) is 32.7 Å². The van der Waals surface area contributed by atoms with Gasteiger partial charge in [0.05, 0.1) is 16.7 Å². The van der Waals surface area contributed by atoms with Crippen molar-refractivity contribution in [1.82, 2.24) is 4.57 Å². The zero-order valence-corrected chi connectivity index (χ0v) is 26.9. The smallest absolute Gasteiger partial charge is 0.0562 e. The van der Waals surface area contributed by atoms with Crippen molar-refractivity contribution in [3.05, 3.63) is 194 Å². The van der Waals surface area contributed by atoms with E-state index in [0.717, 1.165) is 45.2 Å². The molecule has 8 aromatic carbocycles. The number of nitrogens with one attached hydrogen (secondary N) is 1. The molecule has 9 aromatic rings. The van der Waals surface area contributed by atoms with Crippen LogP contribution in [0.25, 0.3) is 49.4 Å². The number of anilines is 5. The van der Waals surface area contributed by atoms with Crippen LogP contribution in [-0.4, -0.2) is 4.57 Å². The molecule has 49 heavy (non-hydrogen) atoms. The van der Waals surface area contributed by atoms with E-state index < -0.39 is 0 Å². The molecule has 1 aromatic heterocycles. The van der Waals surface area contributed by atoms with Gasteiger partial charge in [0.15, 0.2) is 0 Å². The Kier molecular flexibility index (Phi) is 7.14. The molecule has 0 saturated heterocycles. The van der Waals surface area contributed by atoms with Gasteiger partial charge in [0, 0.05) is 39.2 Å². The number of rotatable bonds is 7. The molecule has 0 unspecified atom stereocenters. The molecule has 9 rings (SSSR count). The molecule has 0 fully saturated rings. The highest BCUT2D eigenvalue weighted by Crippen LogP contribution is 2.44. The second kappa shape index (κ2) is 12.2. The summed E-state index contributed by atoms with van der Waals surface area (Å²) >= 11 is 0. The van der Waals surface area contributed by atoms with Gasteiger partial charge in [0.2, 0.25) is 0 Å². The van der Waals surface area contributed by atoms with Crippen LogP contribution in [0.1, 0.15) is 0 Å². The lowest BCUT2D eigenvalue weighted by molar-refractivity contribution is 1.18. The van der Waals surface area contributed by atoms with Crippen molar-refractivity contribution in [3.8, 4) is 16.8 Å². The number of nitrogens with zero attached hydrogens (tertiary/aromatic N) is 2. The summed E-state index contributed by atoms with van der Waals surface area (Å²) in [6.07, 6.45) is 0. The quantitative estimate of drug-likeness (QED) is 0.190. The van der Waals surface area contributed by atoms with Gasteiger partial charge in [-0.15, -0.1) is 0 Å². The maximum atomic E-state index is 3.71. The summed E-state index contributed by atoms with van der Waals surface area (Å²) < 4.78 is 2.38. The molecule has 0 aliphatic heterocycles. The summed E-state index contributed by atoms with van der Waals surface area (Å²) in [5.41, 5.74) is 11.3. The third-order valence-corrected chi connectivity index (χ3v) is 9.33. The van der Waals surface area contributed by atoms with Crippen molar-refractivity contribution < 1.29 is 0 Å². The lowest BCUT2D eigenvalue weighted by Gasteiger charge is -2.26. The van der Waals surface area contributed by atoms with Crippen LogP contribution in [0.3, 0.4) is 0 Å². The fourth-order valence-corrected chi connectivity index (χ4v) is 7.13. The molecule has 1 N–H and O–H groups in total. The summed E-state index contributed by atoms with van der Waals surface area (Å²) in [6.45, 7) is 0. The predicted molar refractivity (Wildman–Crippen MR) is 208 cm³/mol. The number of aromatic nitrogens is 1. The number of hydrogen-bond acceptors (Lipinski definition) is 2. The van der Waals surface area contributed by atoms with Crippen molar-refractivity contribution in [2.24, 2.45) is 0 Å². The van der Waals surface area contributed by atoms with Gasteiger partial charge in [-0.1, -0.05) is 115 Å². The first-order chi connectivity index (χ1) is 24.3. The highest BCUT2D eigenvalue weighted by atomic mass is 15.1. The van der Waals surface area contributed by atoms with Gasteiger partial charge in [0.25, 0.3) is 0 Å². The molecule has 0 aliphatic carbocycles. The highest BCUT2D eigenvalue weighted by Gasteiger charge is 2.21.